The van der Waals surface area contributed by atoms with Crippen molar-refractivity contribution >= 4 is 17.9 Å². The van der Waals surface area contributed by atoms with Crippen LogP contribution < -0.4 is 0 Å². The number of carbonyl (C=O) groups is 3. The zero-order valence-corrected chi connectivity index (χ0v) is 19.5. The Bertz CT molecular complexity index is 518. The van der Waals surface area contributed by atoms with Crippen molar-refractivity contribution in [2.24, 2.45) is 17.8 Å². The van der Waals surface area contributed by atoms with Gasteiger partial charge < -0.3 is 14.9 Å². The topological polar surface area (TPSA) is 101 Å². The van der Waals surface area contributed by atoms with Crippen LogP contribution in [0.3, 0.4) is 0 Å². The first-order chi connectivity index (χ1) is 14.9. The molecule has 1 aliphatic rings. The molecule has 0 amide bonds. The first-order valence-electron chi connectivity index (χ1n) is 12.5. The van der Waals surface area contributed by atoms with Crippen LogP contribution >= 0.6 is 0 Å². The number of carbonyl (C=O) groups excluding carboxylic acids is 1. The first-order valence-corrected chi connectivity index (χ1v) is 12.5. The maximum Gasteiger partial charge on any atom is 0.305 e. The summed E-state index contributed by atoms with van der Waals surface area (Å²) in [5, 5.41) is 18.0. The largest absolute Gasteiger partial charge is 0.481 e. The molecule has 2 N–H and O–H groups in total. The van der Waals surface area contributed by atoms with Crippen LogP contribution in [0.15, 0.2) is 0 Å². The molecule has 6 heteroatoms. The van der Waals surface area contributed by atoms with Crippen molar-refractivity contribution in [3.63, 3.8) is 0 Å². The van der Waals surface area contributed by atoms with E-state index in [-0.39, 0.29) is 24.7 Å². The van der Waals surface area contributed by atoms with Gasteiger partial charge in [0, 0.05) is 19.3 Å². The van der Waals surface area contributed by atoms with E-state index in [0.717, 1.165) is 38.5 Å². The molecule has 0 aromatic heterocycles. The standard InChI is InChI=1S/C25H44O6/c1-2-3-4-5-6-7-8-9-18-31-25(30)17-14-21-12-10-20(11-15-23(26)27)19-22(21)13-16-24(28)29/h20-22H,2-19H2,1H3,(H,26,27)(H,28,29). The number of carboxylic acid groups (broad SMARTS) is 2. The Morgan fingerprint density at radius 3 is 1.97 bits per heavy atom. The van der Waals surface area contributed by atoms with Crippen LogP contribution in [0.1, 0.15) is 116 Å². The van der Waals surface area contributed by atoms with Gasteiger partial charge in [0.05, 0.1) is 6.61 Å². The molecule has 3 atom stereocenters. The zero-order chi connectivity index (χ0) is 22.9. The van der Waals surface area contributed by atoms with Crippen LogP contribution in [0.5, 0.6) is 0 Å². The van der Waals surface area contributed by atoms with E-state index in [1.165, 1.54) is 38.5 Å². The zero-order valence-electron chi connectivity index (χ0n) is 19.5. The Hall–Kier alpha value is -1.59. The second kappa shape index (κ2) is 17.0. The van der Waals surface area contributed by atoms with Crippen LogP contribution in [-0.4, -0.2) is 34.7 Å². The minimum Gasteiger partial charge on any atom is -0.481 e. The van der Waals surface area contributed by atoms with E-state index in [9.17, 15) is 14.4 Å². The summed E-state index contributed by atoms with van der Waals surface area (Å²) < 4.78 is 5.40. The second-order valence-corrected chi connectivity index (χ2v) is 9.30. The monoisotopic (exact) mass is 440 g/mol. The maximum absolute atomic E-state index is 12.1. The number of rotatable bonds is 18. The number of ether oxygens (including phenoxy) is 1. The SMILES string of the molecule is CCCCCCCCCCOC(=O)CCC1CCC(CCC(=O)O)CC1CCC(=O)O. The molecule has 0 spiro atoms. The first kappa shape index (κ1) is 27.4. The number of carboxylic acids is 2. The molecular weight excluding hydrogens is 396 g/mol. The molecule has 0 aliphatic heterocycles. The summed E-state index contributed by atoms with van der Waals surface area (Å²) in [6, 6.07) is 0. The van der Waals surface area contributed by atoms with Gasteiger partial charge in [0.1, 0.15) is 0 Å². The number of unbranched alkanes of at least 4 members (excludes halogenated alkanes) is 7. The summed E-state index contributed by atoms with van der Waals surface area (Å²) in [5.74, 6) is -0.784. The van der Waals surface area contributed by atoms with Crippen molar-refractivity contribution in [3.05, 3.63) is 0 Å². The predicted molar refractivity (Wildman–Crippen MR) is 121 cm³/mol. The Morgan fingerprint density at radius 2 is 1.32 bits per heavy atom. The average molecular weight is 441 g/mol. The Balaban J connectivity index is 2.24. The molecule has 0 bridgehead atoms. The molecule has 180 valence electrons. The van der Waals surface area contributed by atoms with Gasteiger partial charge in [-0.1, -0.05) is 58.3 Å². The van der Waals surface area contributed by atoms with E-state index in [1.54, 1.807) is 0 Å². The molecule has 0 radical (unpaired) electrons. The normalized spacial score (nSPS) is 21.0. The van der Waals surface area contributed by atoms with Crippen molar-refractivity contribution in [1.29, 1.82) is 0 Å². The fourth-order valence-corrected chi connectivity index (χ4v) is 4.85. The van der Waals surface area contributed by atoms with Gasteiger partial charge in [-0.2, -0.15) is 0 Å². The second-order valence-electron chi connectivity index (χ2n) is 9.30. The molecule has 0 heterocycles. The third kappa shape index (κ3) is 14.2. The molecule has 1 aliphatic carbocycles. The molecule has 0 aromatic rings. The van der Waals surface area contributed by atoms with Gasteiger partial charge in [0.25, 0.3) is 0 Å². The van der Waals surface area contributed by atoms with Gasteiger partial charge >= 0.3 is 17.9 Å². The van der Waals surface area contributed by atoms with E-state index < -0.39 is 11.9 Å². The Kier molecular flexibility index (Phi) is 15.1. The van der Waals surface area contributed by atoms with Crippen LogP contribution in [0.2, 0.25) is 0 Å². The van der Waals surface area contributed by atoms with Gasteiger partial charge in [-0.25, -0.2) is 0 Å². The minimum absolute atomic E-state index is 0.135. The summed E-state index contributed by atoms with van der Waals surface area (Å²) in [6.07, 6.45) is 15.2. The van der Waals surface area contributed by atoms with Crippen molar-refractivity contribution in [1.82, 2.24) is 0 Å². The van der Waals surface area contributed by atoms with Crippen LogP contribution in [0.25, 0.3) is 0 Å². The lowest BCUT2D eigenvalue weighted by Crippen LogP contribution is -2.27. The van der Waals surface area contributed by atoms with Gasteiger partial charge in [0.15, 0.2) is 0 Å². The quantitative estimate of drug-likeness (QED) is 0.194. The van der Waals surface area contributed by atoms with Crippen molar-refractivity contribution in [3.8, 4) is 0 Å². The highest BCUT2D eigenvalue weighted by molar-refractivity contribution is 5.69. The number of aliphatic carboxylic acids is 2. The van der Waals surface area contributed by atoms with Gasteiger partial charge in [-0.15, -0.1) is 0 Å². The summed E-state index contributed by atoms with van der Waals surface area (Å²) >= 11 is 0. The van der Waals surface area contributed by atoms with Crippen molar-refractivity contribution < 1.29 is 29.3 Å². The number of hydrogen-bond acceptors (Lipinski definition) is 4. The summed E-state index contributed by atoms with van der Waals surface area (Å²) in [6.45, 7) is 2.72. The smallest absolute Gasteiger partial charge is 0.305 e. The lowest BCUT2D eigenvalue weighted by molar-refractivity contribution is -0.144. The Labute approximate surface area is 188 Å². The number of hydrogen-bond donors (Lipinski definition) is 2. The highest BCUT2D eigenvalue weighted by atomic mass is 16.5. The molecule has 1 saturated carbocycles. The van der Waals surface area contributed by atoms with Gasteiger partial charge in [-0.3, -0.25) is 14.4 Å². The lowest BCUT2D eigenvalue weighted by atomic mass is 9.69. The molecule has 31 heavy (non-hydrogen) atoms. The summed E-state index contributed by atoms with van der Waals surface area (Å²) in [5.41, 5.74) is 0. The molecule has 3 unspecified atom stereocenters. The summed E-state index contributed by atoms with van der Waals surface area (Å²) in [7, 11) is 0. The van der Waals surface area contributed by atoms with Crippen molar-refractivity contribution in [2.45, 2.75) is 116 Å². The molecule has 1 fully saturated rings. The number of esters is 1. The summed E-state index contributed by atoms with van der Waals surface area (Å²) in [4.78, 5) is 34.0. The van der Waals surface area contributed by atoms with E-state index in [1.807, 2.05) is 0 Å². The maximum atomic E-state index is 12.1. The van der Waals surface area contributed by atoms with E-state index in [2.05, 4.69) is 6.92 Å². The van der Waals surface area contributed by atoms with Crippen LogP contribution in [0.4, 0.5) is 0 Å². The minimum atomic E-state index is -0.795. The Morgan fingerprint density at radius 1 is 0.742 bits per heavy atom. The molecular formula is C25H44O6. The third-order valence-corrected chi connectivity index (χ3v) is 6.72. The van der Waals surface area contributed by atoms with E-state index >= 15 is 0 Å². The average Bonchev–Trinajstić information content (AvgIpc) is 2.74. The molecule has 0 aromatic carbocycles. The predicted octanol–water partition coefficient (Wildman–Crippen LogP) is 6.21. The molecule has 6 nitrogen and oxygen atoms in total. The van der Waals surface area contributed by atoms with Crippen molar-refractivity contribution in [2.75, 3.05) is 6.61 Å². The van der Waals surface area contributed by atoms with E-state index in [0.29, 0.717) is 37.7 Å². The lowest BCUT2D eigenvalue weighted by Gasteiger charge is -2.36. The third-order valence-electron chi connectivity index (χ3n) is 6.72. The van der Waals surface area contributed by atoms with Gasteiger partial charge in [-0.05, 0) is 56.3 Å². The molecule has 1 rings (SSSR count). The highest BCUT2D eigenvalue weighted by Gasteiger charge is 2.31. The molecule has 0 saturated heterocycles. The van der Waals surface area contributed by atoms with Crippen LogP contribution in [0, 0.1) is 17.8 Å². The van der Waals surface area contributed by atoms with E-state index in [4.69, 9.17) is 14.9 Å². The van der Waals surface area contributed by atoms with Gasteiger partial charge in [0.2, 0.25) is 0 Å². The van der Waals surface area contributed by atoms with Crippen LogP contribution in [-0.2, 0) is 19.1 Å². The fourth-order valence-electron chi connectivity index (χ4n) is 4.85. The highest BCUT2D eigenvalue weighted by Crippen LogP contribution is 2.40. The fraction of sp³-hybridized carbons (Fsp3) is 0.880.